The van der Waals surface area contributed by atoms with Gasteiger partial charge in [-0.3, -0.25) is 4.79 Å². The fourth-order valence-electron chi connectivity index (χ4n) is 2.44. The minimum Gasteiger partial charge on any atom is -0.482 e. The van der Waals surface area contributed by atoms with Crippen molar-refractivity contribution < 1.29 is 19.1 Å². The molecule has 6 heteroatoms. The molecule has 0 fully saturated rings. The number of hydrogen-bond acceptors (Lipinski definition) is 4. The fraction of sp³-hybridized carbons (Fsp3) is 0.263. The van der Waals surface area contributed by atoms with Gasteiger partial charge in [0.1, 0.15) is 5.75 Å². The van der Waals surface area contributed by atoms with Gasteiger partial charge in [-0.25, -0.2) is 4.79 Å². The highest BCUT2D eigenvalue weighted by Gasteiger charge is 2.11. The van der Waals surface area contributed by atoms with E-state index in [-0.39, 0.29) is 13.2 Å². The van der Waals surface area contributed by atoms with Gasteiger partial charge in [0.05, 0.1) is 0 Å². The van der Waals surface area contributed by atoms with Crippen molar-refractivity contribution in [3.05, 3.63) is 58.1 Å². The Morgan fingerprint density at radius 3 is 2.36 bits per heavy atom. The summed E-state index contributed by atoms with van der Waals surface area (Å²) in [5.41, 5.74) is 3.78. The molecule has 0 saturated carbocycles. The first-order chi connectivity index (χ1) is 11.8. The normalized spacial score (nSPS) is 10.2. The highest BCUT2D eigenvalue weighted by atomic mass is 35.5. The molecule has 2 aromatic carbocycles. The number of halogens is 1. The Morgan fingerprint density at radius 2 is 1.72 bits per heavy atom. The molecule has 0 aliphatic rings. The molecule has 0 bridgehead atoms. The molecule has 0 aliphatic carbocycles. The van der Waals surface area contributed by atoms with Crippen LogP contribution in [-0.4, -0.2) is 25.1 Å². The van der Waals surface area contributed by atoms with Crippen molar-refractivity contribution in [1.82, 2.24) is 0 Å². The molecule has 0 saturated heterocycles. The molecule has 0 atom stereocenters. The van der Waals surface area contributed by atoms with Crippen LogP contribution in [0.15, 0.2) is 36.4 Å². The molecule has 2 rings (SSSR count). The number of amides is 1. The largest absolute Gasteiger partial charge is 0.482 e. The van der Waals surface area contributed by atoms with Crippen molar-refractivity contribution in [1.29, 1.82) is 0 Å². The van der Waals surface area contributed by atoms with Crippen LogP contribution in [0.1, 0.15) is 16.7 Å². The number of benzene rings is 2. The summed E-state index contributed by atoms with van der Waals surface area (Å²) < 4.78 is 10.2. The van der Waals surface area contributed by atoms with Crippen molar-refractivity contribution in [3.63, 3.8) is 0 Å². The summed E-state index contributed by atoms with van der Waals surface area (Å²) in [6, 6.07) is 10.6. The zero-order valence-corrected chi connectivity index (χ0v) is 15.1. The number of hydrogen-bond donors (Lipinski definition) is 1. The van der Waals surface area contributed by atoms with Crippen LogP contribution in [0.25, 0.3) is 0 Å². The number of ether oxygens (including phenoxy) is 2. The molecule has 1 amide bonds. The van der Waals surface area contributed by atoms with Gasteiger partial charge in [-0.15, -0.1) is 0 Å². The Labute approximate surface area is 151 Å². The monoisotopic (exact) mass is 361 g/mol. The van der Waals surface area contributed by atoms with Crippen LogP contribution in [0.4, 0.5) is 5.69 Å². The Kier molecular flexibility index (Phi) is 6.42. The van der Waals surface area contributed by atoms with Crippen molar-refractivity contribution in [2.75, 3.05) is 18.5 Å². The van der Waals surface area contributed by atoms with Crippen molar-refractivity contribution in [2.45, 2.75) is 20.8 Å². The van der Waals surface area contributed by atoms with E-state index in [9.17, 15) is 9.59 Å². The van der Waals surface area contributed by atoms with E-state index < -0.39 is 11.9 Å². The summed E-state index contributed by atoms with van der Waals surface area (Å²) in [6.07, 6.45) is 0. The Morgan fingerprint density at radius 1 is 1.04 bits per heavy atom. The van der Waals surface area contributed by atoms with Gasteiger partial charge < -0.3 is 14.8 Å². The van der Waals surface area contributed by atoms with Gasteiger partial charge in [-0.05, 0) is 50.1 Å². The van der Waals surface area contributed by atoms with Gasteiger partial charge in [-0.2, -0.15) is 0 Å². The number of carbonyl (C=O) groups excluding carboxylic acids is 2. The standard InChI is InChI=1S/C19H20ClNO4/c1-12-7-13(2)19(14(3)8-12)21-17(22)10-25-18(23)11-24-16-6-4-5-15(20)9-16/h4-9H,10-11H2,1-3H3,(H,21,22). The summed E-state index contributed by atoms with van der Waals surface area (Å²) in [6.45, 7) is 5.16. The lowest BCUT2D eigenvalue weighted by Gasteiger charge is -2.13. The topological polar surface area (TPSA) is 64.6 Å². The minimum atomic E-state index is -0.632. The SMILES string of the molecule is Cc1cc(C)c(NC(=O)COC(=O)COc2cccc(Cl)c2)c(C)c1. The van der Waals surface area contributed by atoms with E-state index in [2.05, 4.69) is 5.32 Å². The number of aryl methyl sites for hydroxylation is 3. The predicted molar refractivity (Wildman–Crippen MR) is 97.2 cm³/mol. The third kappa shape index (κ3) is 5.80. The second-order valence-electron chi connectivity index (χ2n) is 5.73. The molecule has 1 N–H and O–H groups in total. The molecular weight excluding hydrogens is 342 g/mol. The van der Waals surface area contributed by atoms with Crippen LogP contribution >= 0.6 is 11.6 Å². The molecule has 5 nitrogen and oxygen atoms in total. The summed E-state index contributed by atoms with van der Waals surface area (Å²) in [7, 11) is 0. The molecular formula is C19H20ClNO4. The molecule has 0 radical (unpaired) electrons. The molecule has 0 aromatic heterocycles. The van der Waals surface area contributed by atoms with Gasteiger partial charge in [0.2, 0.25) is 0 Å². The predicted octanol–water partition coefficient (Wildman–Crippen LogP) is 3.83. The van der Waals surface area contributed by atoms with Crippen LogP contribution in [0, 0.1) is 20.8 Å². The third-order valence-electron chi connectivity index (χ3n) is 3.46. The van der Waals surface area contributed by atoms with Crippen molar-refractivity contribution in [3.8, 4) is 5.75 Å². The zero-order valence-electron chi connectivity index (χ0n) is 14.4. The number of anilines is 1. The maximum Gasteiger partial charge on any atom is 0.344 e. The molecule has 0 unspecified atom stereocenters. The lowest BCUT2D eigenvalue weighted by Crippen LogP contribution is -2.24. The van der Waals surface area contributed by atoms with E-state index in [0.717, 1.165) is 22.4 Å². The smallest absolute Gasteiger partial charge is 0.344 e. The van der Waals surface area contributed by atoms with Crippen LogP contribution < -0.4 is 10.1 Å². The second kappa shape index (κ2) is 8.53. The van der Waals surface area contributed by atoms with Crippen LogP contribution in [-0.2, 0) is 14.3 Å². The Balaban J connectivity index is 1.81. The van der Waals surface area contributed by atoms with Gasteiger partial charge in [0, 0.05) is 10.7 Å². The number of carbonyl (C=O) groups is 2. The van der Waals surface area contributed by atoms with E-state index in [1.165, 1.54) is 0 Å². The summed E-state index contributed by atoms with van der Waals surface area (Å²) >= 11 is 5.83. The number of nitrogens with one attached hydrogen (secondary N) is 1. The highest BCUT2D eigenvalue weighted by molar-refractivity contribution is 6.30. The minimum absolute atomic E-state index is 0.295. The molecule has 2 aromatic rings. The fourth-order valence-corrected chi connectivity index (χ4v) is 2.62. The van der Waals surface area contributed by atoms with Crippen molar-refractivity contribution in [2.24, 2.45) is 0 Å². The molecule has 0 aliphatic heterocycles. The summed E-state index contributed by atoms with van der Waals surface area (Å²) in [4.78, 5) is 23.7. The molecule has 0 heterocycles. The van der Waals surface area contributed by atoms with E-state index in [1.54, 1.807) is 24.3 Å². The second-order valence-corrected chi connectivity index (χ2v) is 6.17. The van der Waals surface area contributed by atoms with Crippen LogP contribution in [0.3, 0.4) is 0 Å². The molecule has 0 spiro atoms. The quantitative estimate of drug-likeness (QED) is 0.794. The molecule has 132 valence electrons. The van der Waals surface area contributed by atoms with E-state index >= 15 is 0 Å². The molecule has 25 heavy (non-hydrogen) atoms. The first kappa shape index (κ1) is 18.8. The van der Waals surface area contributed by atoms with Crippen LogP contribution in [0.5, 0.6) is 5.75 Å². The van der Waals surface area contributed by atoms with Gasteiger partial charge in [0.25, 0.3) is 5.91 Å². The van der Waals surface area contributed by atoms with Crippen LogP contribution in [0.2, 0.25) is 5.02 Å². The average molecular weight is 362 g/mol. The number of rotatable bonds is 6. The lowest BCUT2D eigenvalue weighted by atomic mass is 10.1. The van der Waals surface area contributed by atoms with Crippen molar-refractivity contribution >= 4 is 29.2 Å². The first-order valence-corrected chi connectivity index (χ1v) is 8.14. The van der Waals surface area contributed by atoms with Gasteiger partial charge in [-0.1, -0.05) is 35.4 Å². The summed E-state index contributed by atoms with van der Waals surface area (Å²) in [5.74, 6) is -0.571. The Hall–Kier alpha value is -2.53. The Bertz CT molecular complexity index is 766. The maximum absolute atomic E-state index is 12.0. The maximum atomic E-state index is 12.0. The lowest BCUT2D eigenvalue weighted by molar-refractivity contribution is -0.149. The third-order valence-corrected chi connectivity index (χ3v) is 3.69. The van der Waals surface area contributed by atoms with E-state index in [4.69, 9.17) is 21.1 Å². The summed E-state index contributed by atoms with van der Waals surface area (Å²) in [5, 5.41) is 3.28. The van der Waals surface area contributed by atoms with Gasteiger partial charge >= 0.3 is 5.97 Å². The van der Waals surface area contributed by atoms with Gasteiger partial charge in [0.15, 0.2) is 13.2 Å². The number of esters is 1. The highest BCUT2D eigenvalue weighted by Crippen LogP contribution is 2.21. The zero-order chi connectivity index (χ0) is 18.4. The average Bonchev–Trinajstić information content (AvgIpc) is 2.54. The van der Waals surface area contributed by atoms with E-state index in [0.29, 0.717) is 10.8 Å². The van der Waals surface area contributed by atoms with E-state index in [1.807, 2.05) is 32.9 Å². The first-order valence-electron chi connectivity index (χ1n) is 7.77.